The Morgan fingerprint density at radius 1 is 1.13 bits per heavy atom. The van der Waals surface area contributed by atoms with E-state index in [1.165, 1.54) is 24.3 Å². The van der Waals surface area contributed by atoms with Gasteiger partial charge in [-0.25, -0.2) is 8.78 Å². The van der Waals surface area contributed by atoms with Gasteiger partial charge in [-0.05, 0) is 48.9 Å². The molecule has 122 valence electrons. The van der Waals surface area contributed by atoms with Crippen LogP contribution in [0.1, 0.15) is 22.3 Å². The molecule has 0 saturated carbocycles. The molecule has 0 radical (unpaired) electrons. The first-order chi connectivity index (χ1) is 11.1. The highest BCUT2D eigenvalue weighted by atomic mass is 19.1. The van der Waals surface area contributed by atoms with Crippen LogP contribution >= 0.6 is 0 Å². The fourth-order valence-corrected chi connectivity index (χ4v) is 1.91. The van der Waals surface area contributed by atoms with Gasteiger partial charge in [0.1, 0.15) is 12.4 Å². The van der Waals surface area contributed by atoms with Gasteiger partial charge in [0.2, 0.25) is 0 Å². The van der Waals surface area contributed by atoms with Crippen LogP contribution < -0.4 is 15.8 Å². The van der Waals surface area contributed by atoms with Crippen molar-refractivity contribution in [3.8, 4) is 5.75 Å². The molecule has 2 aromatic carbocycles. The Balaban J connectivity index is 1.96. The Hall–Kier alpha value is -2.47. The van der Waals surface area contributed by atoms with Gasteiger partial charge >= 0.3 is 0 Å². The van der Waals surface area contributed by atoms with Crippen molar-refractivity contribution in [1.29, 1.82) is 0 Å². The van der Waals surface area contributed by atoms with Crippen molar-refractivity contribution in [3.63, 3.8) is 0 Å². The van der Waals surface area contributed by atoms with Crippen molar-refractivity contribution in [2.75, 3.05) is 13.1 Å². The van der Waals surface area contributed by atoms with Gasteiger partial charge in [0.15, 0.2) is 11.6 Å². The number of benzene rings is 2. The molecule has 0 unspecified atom stereocenters. The minimum Gasteiger partial charge on any atom is -0.486 e. The average molecular weight is 320 g/mol. The molecule has 0 aliphatic rings. The Kier molecular flexibility index (Phi) is 6.05. The molecule has 0 bridgehead atoms. The molecule has 1 amide bonds. The molecule has 0 aliphatic carbocycles. The average Bonchev–Trinajstić information content (AvgIpc) is 2.55. The number of carbonyl (C=O) groups excluding carboxylic acids is 1. The minimum atomic E-state index is -0.626. The zero-order valence-corrected chi connectivity index (χ0v) is 12.5. The van der Waals surface area contributed by atoms with E-state index in [9.17, 15) is 13.6 Å². The third kappa shape index (κ3) is 5.03. The molecule has 0 aromatic heterocycles. The predicted molar refractivity (Wildman–Crippen MR) is 83.1 cm³/mol. The Bertz CT molecular complexity index is 660. The molecule has 0 saturated heterocycles. The molecule has 2 aromatic rings. The monoisotopic (exact) mass is 320 g/mol. The number of nitrogens with one attached hydrogen (secondary N) is 1. The van der Waals surface area contributed by atoms with Gasteiger partial charge in [-0.1, -0.05) is 12.1 Å². The summed E-state index contributed by atoms with van der Waals surface area (Å²) >= 11 is 0. The fraction of sp³-hybridized carbons (Fsp3) is 0.235. The van der Waals surface area contributed by atoms with Crippen molar-refractivity contribution in [2.24, 2.45) is 5.73 Å². The van der Waals surface area contributed by atoms with Crippen molar-refractivity contribution in [1.82, 2.24) is 5.32 Å². The molecule has 2 rings (SSSR count). The maximum Gasteiger partial charge on any atom is 0.251 e. The van der Waals surface area contributed by atoms with Crippen LogP contribution in [0.2, 0.25) is 0 Å². The molecule has 0 atom stereocenters. The Morgan fingerprint density at radius 3 is 2.52 bits per heavy atom. The summed E-state index contributed by atoms with van der Waals surface area (Å²) in [7, 11) is 0. The van der Waals surface area contributed by atoms with E-state index in [1.807, 2.05) is 0 Å². The molecule has 3 N–H and O–H groups in total. The van der Waals surface area contributed by atoms with Gasteiger partial charge < -0.3 is 15.8 Å². The van der Waals surface area contributed by atoms with E-state index < -0.39 is 5.82 Å². The summed E-state index contributed by atoms with van der Waals surface area (Å²) < 4.78 is 32.1. The lowest BCUT2D eigenvalue weighted by atomic mass is 10.2. The molecule has 0 fully saturated rings. The van der Waals surface area contributed by atoms with E-state index in [1.54, 1.807) is 12.1 Å². The molecular formula is C17H18F2N2O2. The van der Waals surface area contributed by atoms with Gasteiger partial charge in [0.05, 0.1) is 0 Å². The van der Waals surface area contributed by atoms with Crippen LogP contribution in [-0.4, -0.2) is 19.0 Å². The third-order valence-electron chi connectivity index (χ3n) is 3.17. The van der Waals surface area contributed by atoms with E-state index in [-0.39, 0.29) is 29.6 Å². The lowest BCUT2D eigenvalue weighted by Crippen LogP contribution is -2.26. The molecule has 4 nitrogen and oxygen atoms in total. The van der Waals surface area contributed by atoms with Gasteiger partial charge in [-0.15, -0.1) is 0 Å². The van der Waals surface area contributed by atoms with Crippen molar-refractivity contribution in [3.05, 3.63) is 65.2 Å². The van der Waals surface area contributed by atoms with Gasteiger partial charge in [-0.3, -0.25) is 4.79 Å². The SMILES string of the molecule is NCCCNC(=O)c1ccc(OCc2ccc(F)cc2)c(F)c1. The summed E-state index contributed by atoms with van der Waals surface area (Å²) in [5.41, 5.74) is 6.27. The van der Waals surface area contributed by atoms with Crippen molar-refractivity contribution >= 4 is 5.91 Å². The van der Waals surface area contributed by atoms with Crippen LogP contribution in [0.5, 0.6) is 5.75 Å². The number of hydrogen-bond acceptors (Lipinski definition) is 3. The number of nitrogens with two attached hydrogens (primary N) is 1. The first kappa shape index (κ1) is 16.9. The largest absolute Gasteiger partial charge is 0.486 e. The smallest absolute Gasteiger partial charge is 0.251 e. The summed E-state index contributed by atoms with van der Waals surface area (Å²) in [6.45, 7) is 1.03. The second-order valence-corrected chi connectivity index (χ2v) is 4.96. The van der Waals surface area contributed by atoms with Crippen LogP contribution in [0.4, 0.5) is 8.78 Å². The topological polar surface area (TPSA) is 64.3 Å². The molecule has 23 heavy (non-hydrogen) atoms. The van der Waals surface area contributed by atoms with Crippen molar-refractivity contribution < 1.29 is 18.3 Å². The van der Waals surface area contributed by atoms with Crippen LogP contribution in [0, 0.1) is 11.6 Å². The zero-order chi connectivity index (χ0) is 16.7. The van der Waals surface area contributed by atoms with Gasteiger partial charge in [-0.2, -0.15) is 0 Å². The molecule has 0 aliphatic heterocycles. The van der Waals surface area contributed by atoms with Crippen LogP contribution in [0.25, 0.3) is 0 Å². The first-order valence-electron chi connectivity index (χ1n) is 7.25. The molecule has 0 spiro atoms. The second-order valence-electron chi connectivity index (χ2n) is 4.96. The number of hydrogen-bond donors (Lipinski definition) is 2. The van der Waals surface area contributed by atoms with Crippen molar-refractivity contribution in [2.45, 2.75) is 13.0 Å². The zero-order valence-electron chi connectivity index (χ0n) is 12.5. The number of ether oxygens (including phenoxy) is 1. The maximum atomic E-state index is 14.0. The van der Waals surface area contributed by atoms with Crippen LogP contribution in [-0.2, 0) is 6.61 Å². The molecular weight excluding hydrogens is 302 g/mol. The number of halogens is 2. The van der Waals surface area contributed by atoms with Crippen LogP contribution in [0.15, 0.2) is 42.5 Å². The maximum absolute atomic E-state index is 14.0. The van der Waals surface area contributed by atoms with E-state index >= 15 is 0 Å². The van der Waals surface area contributed by atoms with Gasteiger partial charge in [0.25, 0.3) is 5.91 Å². The van der Waals surface area contributed by atoms with E-state index in [0.29, 0.717) is 19.5 Å². The molecule has 6 heteroatoms. The highest BCUT2D eigenvalue weighted by molar-refractivity contribution is 5.94. The second kappa shape index (κ2) is 8.24. The lowest BCUT2D eigenvalue weighted by Gasteiger charge is -2.09. The molecule has 0 heterocycles. The summed E-state index contributed by atoms with van der Waals surface area (Å²) in [6, 6.07) is 9.75. The standard InChI is InChI=1S/C17H18F2N2O2/c18-14-5-2-12(3-6-14)11-23-16-7-4-13(10-15(16)19)17(22)21-9-1-8-20/h2-7,10H,1,8-9,11,20H2,(H,21,22). The third-order valence-corrected chi connectivity index (χ3v) is 3.17. The van der Waals surface area contributed by atoms with Crippen LogP contribution in [0.3, 0.4) is 0 Å². The fourth-order valence-electron chi connectivity index (χ4n) is 1.91. The first-order valence-corrected chi connectivity index (χ1v) is 7.25. The van der Waals surface area contributed by atoms with Gasteiger partial charge in [0, 0.05) is 12.1 Å². The van der Waals surface area contributed by atoms with E-state index in [0.717, 1.165) is 11.6 Å². The normalized spacial score (nSPS) is 10.4. The minimum absolute atomic E-state index is 0.0350. The Labute approximate surface area is 133 Å². The summed E-state index contributed by atoms with van der Waals surface area (Å²) in [6.07, 6.45) is 0.660. The highest BCUT2D eigenvalue weighted by Crippen LogP contribution is 2.20. The number of amides is 1. The lowest BCUT2D eigenvalue weighted by molar-refractivity contribution is 0.0953. The summed E-state index contributed by atoms with van der Waals surface area (Å²) in [4.78, 5) is 11.8. The van der Waals surface area contributed by atoms with E-state index in [4.69, 9.17) is 10.5 Å². The summed E-state index contributed by atoms with van der Waals surface area (Å²) in [5, 5.41) is 2.65. The number of carbonyl (C=O) groups is 1. The summed E-state index contributed by atoms with van der Waals surface area (Å²) in [5.74, 6) is -1.29. The highest BCUT2D eigenvalue weighted by Gasteiger charge is 2.10. The quantitative estimate of drug-likeness (QED) is 0.771. The number of rotatable bonds is 7. The van der Waals surface area contributed by atoms with E-state index in [2.05, 4.69) is 5.32 Å². The predicted octanol–water partition coefficient (Wildman–Crippen LogP) is 2.62. The Morgan fingerprint density at radius 2 is 1.87 bits per heavy atom.